The number of sulfonamides is 1. The number of nitrogens with one attached hydrogen (secondary N) is 1. The van der Waals surface area contributed by atoms with Crippen LogP contribution in [0.15, 0.2) is 59.5 Å². The highest BCUT2D eigenvalue weighted by Gasteiger charge is 2.29. The van der Waals surface area contributed by atoms with Crippen LogP contribution < -0.4 is 10.1 Å². The third-order valence-corrected chi connectivity index (χ3v) is 6.16. The van der Waals surface area contributed by atoms with Gasteiger partial charge in [-0.25, -0.2) is 8.42 Å². The molecule has 0 radical (unpaired) electrons. The first kappa shape index (κ1) is 20.1. The van der Waals surface area contributed by atoms with Gasteiger partial charge in [0.2, 0.25) is 15.9 Å². The lowest BCUT2D eigenvalue weighted by Gasteiger charge is -2.26. The summed E-state index contributed by atoms with van der Waals surface area (Å²) in [6.45, 7) is 1.32. The normalized spacial score (nSPS) is 15.5. The summed E-state index contributed by atoms with van der Waals surface area (Å²) in [6.07, 6.45) is 2.93. The summed E-state index contributed by atoms with van der Waals surface area (Å²) in [5.41, 5.74) is 1.26. The quantitative estimate of drug-likeness (QED) is 0.750. The number of para-hydroxylation sites is 1. The predicted molar refractivity (Wildman–Crippen MR) is 107 cm³/mol. The van der Waals surface area contributed by atoms with Crippen LogP contribution in [0.5, 0.6) is 5.75 Å². The molecule has 1 aliphatic rings. The van der Waals surface area contributed by atoms with E-state index in [1.54, 1.807) is 30.3 Å². The van der Waals surface area contributed by atoms with Gasteiger partial charge in [0.05, 0.1) is 20.3 Å². The molecule has 1 amide bonds. The van der Waals surface area contributed by atoms with Crippen molar-refractivity contribution in [3.05, 3.63) is 60.2 Å². The van der Waals surface area contributed by atoms with Crippen LogP contribution in [0.3, 0.4) is 0 Å². The van der Waals surface area contributed by atoms with E-state index in [1.165, 1.54) is 23.6 Å². The van der Waals surface area contributed by atoms with Crippen molar-refractivity contribution in [3.63, 3.8) is 0 Å². The fraction of sp³-hybridized carbons (Fsp3) is 0.250. The lowest BCUT2D eigenvalue weighted by Crippen LogP contribution is -2.40. The number of methoxy groups -OCH3 is 1. The predicted octanol–water partition coefficient (Wildman–Crippen LogP) is 2.37. The number of morpholine rings is 1. The number of benzene rings is 2. The van der Waals surface area contributed by atoms with Gasteiger partial charge >= 0.3 is 0 Å². The Morgan fingerprint density at radius 2 is 1.86 bits per heavy atom. The van der Waals surface area contributed by atoms with Crippen molar-refractivity contribution in [2.75, 3.05) is 38.7 Å². The second-order valence-corrected chi connectivity index (χ2v) is 8.02. The Labute approximate surface area is 164 Å². The number of nitrogens with zero attached hydrogens (tertiary/aromatic N) is 1. The van der Waals surface area contributed by atoms with Gasteiger partial charge in [0.15, 0.2) is 0 Å². The summed E-state index contributed by atoms with van der Waals surface area (Å²) in [4.78, 5) is 12.1. The standard InChI is InChI=1S/C20H22N2O5S/c1-26-18-9-7-16(8-10-20(23)21-17-5-3-2-4-6-17)15-19(18)28(24,25)22-11-13-27-14-12-22/h2-10,15H,11-14H2,1H3,(H,21,23)/b10-8+. The molecule has 0 aromatic heterocycles. The molecule has 0 atom stereocenters. The Kier molecular flexibility index (Phi) is 6.45. The highest BCUT2D eigenvalue weighted by atomic mass is 32.2. The van der Waals surface area contributed by atoms with E-state index in [0.717, 1.165) is 0 Å². The Hall–Kier alpha value is -2.68. The molecule has 1 aliphatic heterocycles. The van der Waals surface area contributed by atoms with E-state index < -0.39 is 10.0 Å². The number of ether oxygens (including phenoxy) is 2. The molecule has 2 aromatic rings. The van der Waals surface area contributed by atoms with Crippen LogP contribution in [0.25, 0.3) is 6.08 Å². The smallest absolute Gasteiger partial charge is 0.248 e. The van der Waals surface area contributed by atoms with Gasteiger partial charge in [-0.1, -0.05) is 24.3 Å². The second-order valence-electron chi connectivity index (χ2n) is 6.12. The number of rotatable bonds is 6. The van der Waals surface area contributed by atoms with Gasteiger partial charge in [-0.3, -0.25) is 4.79 Å². The van der Waals surface area contributed by atoms with Crippen molar-refractivity contribution in [3.8, 4) is 5.75 Å². The zero-order chi connectivity index (χ0) is 20.0. The van der Waals surface area contributed by atoms with Crippen LogP contribution in [0.1, 0.15) is 5.56 Å². The number of hydrogen-bond donors (Lipinski definition) is 1. The molecule has 1 saturated heterocycles. The molecule has 0 saturated carbocycles. The maximum atomic E-state index is 13.0. The van der Waals surface area contributed by atoms with E-state index >= 15 is 0 Å². The summed E-state index contributed by atoms with van der Waals surface area (Å²) in [5, 5.41) is 2.74. The zero-order valence-corrected chi connectivity index (χ0v) is 16.3. The van der Waals surface area contributed by atoms with E-state index in [1.807, 2.05) is 18.2 Å². The number of carbonyl (C=O) groups excluding carboxylic acids is 1. The highest BCUT2D eigenvalue weighted by Crippen LogP contribution is 2.28. The van der Waals surface area contributed by atoms with Crippen LogP contribution in [0, 0.1) is 0 Å². The lowest BCUT2D eigenvalue weighted by molar-refractivity contribution is -0.111. The average molecular weight is 402 g/mol. The topological polar surface area (TPSA) is 84.9 Å². The third kappa shape index (κ3) is 4.78. The Balaban J connectivity index is 1.81. The fourth-order valence-electron chi connectivity index (χ4n) is 2.80. The van der Waals surface area contributed by atoms with Gasteiger partial charge in [-0.15, -0.1) is 0 Å². The van der Waals surface area contributed by atoms with Crippen molar-refractivity contribution in [1.82, 2.24) is 4.31 Å². The molecule has 0 bridgehead atoms. The van der Waals surface area contributed by atoms with Crippen molar-refractivity contribution < 1.29 is 22.7 Å². The summed E-state index contributed by atoms with van der Waals surface area (Å²) >= 11 is 0. The van der Waals surface area contributed by atoms with Gasteiger partial charge in [-0.05, 0) is 35.9 Å². The van der Waals surface area contributed by atoms with Gasteiger partial charge in [0.1, 0.15) is 10.6 Å². The first-order valence-electron chi connectivity index (χ1n) is 8.81. The van der Waals surface area contributed by atoms with Crippen molar-refractivity contribution in [2.45, 2.75) is 4.90 Å². The van der Waals surface area contributed by atoms with Crippen LogP contribution in [0.2, 0.25) is 0 Å². The maximum Gasteiger partial charge on any atom is 0.248 e. The number of anilines is 1. The molecule has 148 valence electrons. The van der Waals surface area contributed by atoms with Crippen LogP contribution >= 0.6 is 0 Å². The van der Waals surface area contributed by atoms with Gasteiger partial charge in [0.25, 0.3) is 0 Å². The minimum Gasteiger partial charge on any atom is -0.495 e. The average Bonchev–Trinajstić information content (AvgIpc) is 2.73. The minimum atomic E-state index is -3.72. The SMILES string of the molecule is COc1ccc(/C=C/C(=O)Nc2ccccc2)cc1S(=O)(=O)N1CCOCC1. The number of amides is 1. The molecule has 2 aromatic carbocycles. The largest absolute Gasteiger partial charge is 0.495 e. The molecule has 0 spiro atoms. The Morgan fingerprint density at radius 3 is 2.54 bits per heavy atom. The number of hydrogen-bond acceptors (Lipinski definition) is 5. The first-order valence-corrected chi connectivity index (χ1v) is 10.2. The third-order valence-electron chi connectivity index (χ3n) is 4.24. The lowest BCUT2D eigenvalue weighted by atomic mass is 10.2. The van der Waals surface area contributed by atoms with Crippen LogP contribution in [-0.2, 0) is 19.6 Å². The van der Waals surface area contributed by atoms with Crippen molar-refractivity contribution >= 4 is 27.7 Å². The van der Waals surface area contributed by atoms with Gasteiger partial charge < -0.3 is 14.8 Å². The molecule has 28 heavy (non-hydrogen) atoms. The van der Waals surface area contributed by atoms with Crippen LogP contribution in [-0.4, -0.2) is 52.0 Å². The number of carbonyl (C=O) groups is 1. The van der Waals surface area contributed by atoms with E-state index in [0.29, 0.717) is 37.6 Å². The van der Waals surface area contributed by atoms with Crippen LogP contribution in [0.4, 0.5) is 5.69 Å². The molecule has 3 rings (SSSR count). The summed E-state index contributed by atoms with van der Waals surface area (Å²) in [6, 6.07) is 13.9. The van der Waals surface area contributed by atoms with E-state index in [4.69, 9.17) is 9.47 Å². The Bertz CT molecular complexity index is 952. The van der Waals surface area contributed by atoms with Crippen molar-refractivity contribution in [2.24, 2.45) is 0 Å². The molecular formula is C20H22N2O5S. The molecule has 1 N–H and O–H groups in total. The molecule has 7 nitrogen and oxygen atoms in total. The summed E-state index contributed by atoms with van der Waals surface area (Å²) in [7, 11) is -2.29. The van der Waals surface area contributed by atoms with E-state index in [9.17, 15) is 13.2 Å². The van der Waals surface area contributed by atoms with E-state index in [-0.39, 0.29) is 16.6 Å². The summed E-state index contributed by atoms with van der Waals surface area (Å²) < 4.78 is 37.8. The monoisotopic (exact) mass is 402 g/mol. The van der Waals surface area contributed by atoms with Gasteiger partial charge in [-0.2, -0.15) is 4.31 Å². The molecule has 0 aliphatic carbocycles. The van der Waals surface area contributed by atoms with E-state index in [2.05, 4.69) is 5.32 Å². The molecule has 0 unspecified atom stereocenters. The zero-order valence-electron chi connectivity index (χ0n) is 15.5. The highest BCUT2D eigenvalue weighted by molar-refractivity contribution is 7.89. The minimum absolute atomic E-state index is 0.0718. The molecule has 1 fully saturated rings. The molecule has 8 heteroatoms. The molecule has 1 heterocycles. The van der Waals surface area contributed by atoms with Gasteiger partial charge in [0, 0.05) is 24.9 Å². The van der Waals surface area contributed by atoms with Crippen molar-refractivity contribution in [1.29, 1.82) is 0 Å². The fourth-order valence-corrected chi connectivity index (χ4v) is 4.40. The molecular weight excluding hydrogens is 380 g/mol. The summed E-state index contributed by atoms with van der Waals surface area (Å²) in [5.74, 6) is -0.0445. The second kappa shape index (κ2) is 9.01. The Morgan fingerprint density at radius 1 is 1.14 bits per heavy atom. The first-order chi connectivity index (χ1) is 13.5. The maximum absolute atomic E-state index is 13.0.